The Hall–Kier alpha value is -1.69. The van der Waals surface area contributed by atoms with Crippen LogP contribution in [-0.2, 0) is 0 Å². The number of rotatable bonds is 4. The van der Waals surface area contributed by atoms with E-state index in [1.807, 2.05) is 0 Å². The lowest BCUT2D eigenvalue weighted by molar-refractivity contribution is -0.411. The van der Waals surface area contributed by atoms with E-state index in [1.165, 1.54) is 0 Å². The Bertz CT molecular complexity index is 400. The normalized spacial score (nSPS) is 15.5. The average molecular weight is 306 g/mol. The quantitative estimate of drug-likeness (QED) is 0.493. The summed E-state index contributed by atoms with van der Waals surface area (Å²) in [4.78, 5) is 7.88. The van der Waals surface area contributed by atoms with Gasteiger partial charge in [0.25, 0.3) is 6.20 Å². The van der Waals surface area contributed by atoms with Crippen LogP contribution in [0.15, 0.2) is 11.9 Å². The first-order valence-electron chi connectivity index (χ1n) is 3.90. The molecule has 0 aliphatic rings. The van der Waals surface area contributed by atoms with Gasteiger partial charge in [-0.1, -0.05) is 0 Å². The second kappa shape index (κ2) is 4.45. The molecule has 0 atom stereocenters. The second-order valence-electron chi connectivity index (χ2n) is 3.09. The Morgan fingerprint density at radius 1 is 0.947 bits per heavy atom. The average Bonchev–Trinajstić information content (AvgIpc) is 2.13. The first kappa shape index (κ1) is 17.3. The summed E-state index contributed by atoms with van der Waals surface area (Å²) in [7, 11) is 0. The third-order valence-electron chi connectivity index (χ3n) is 1.75. The molecule has 0 saturated carbocycles. The van der Waals surface area contributed by atoms with E-state index in [1.54, 1.807) is 0 Å². The van der Waals surface area contributed by atoms with Gasteiger partial charge in [-0.15, -0.1) is 0 Å². The van der Waals surface area contributed by atoms with Gasteiger partial charge in [-0.2, -0.15) is 39.5 Å². The summed E-state index contributed by atoms with van der Waals surface area (Å²) in [5.74, 6) is -20.4. The Morgan fingerprint density at radius 3 is 1.58 bits per heavy atom. The highest BCUT2D eigenvalue weighted by Gasteiger charge is 2.82. The van der Waals surface area contributed by atoms with Crippen molar-refractivity contribution in [2.24, 2.45) is 5.73 Å². The zero-order valence-electron chi connectivity index (χ0n) is 8.32. The zero-order chi connectivity index (χ0) is 15.9. The Kier molecular flexibility index (Phi) is 4.05. The highest BCUT2D eigenvalue weighted by molar-refractivity contribution is 5.16. The number of halogens is 9. The monoisotopic (exact) mass is 306 g/mol. The van der Waals surface area contributed by atoms with Gasteiger partial charge >= 0.3 is 23.9 Å². The van der Waals surface area contributed by atoms with Crippen LogP contribution in [0, 0.1) is 10.1 Å². The predicted molar refractivity (Wildman–Crippen MR) is 40.2 cm³/mol. The molecule has 0 aromatic carbocycles. The molecule has 13 heteroatoms. The van der Waals surface area contributed by atoms with Crippen LogP contribution in [0.3, 0.4) is 0 Å². The molecular weight excluding hydrogens is 303 g/mol. The van der Waals surface area contributed by atoms with Gasteiger partial charge in [-0.3, -0.25) is 10.1 Å². The number of hydrogen-bond donors (Lipinski definition) is 1. The fourth-order valence-electron chi connectivity index (χ4n) is 0.751. The Morgan fingerprint density at radius 2 is 1.32 bits per heavy atom. The van der Waals surface area contributed by atoms with Crippen LogP contribution in [0.25, 0.3) is 0 Å². The van der Waals surface area contributed by atoms with Crippen LogP contribution < -0.4 is 5.73 Å². The highest BCUT2D eigenvalue weighted by atomic mass is 19.4. The van der Waals surface area contributed by atoms with E-state index < -0.39 is 40.8 Å². The molecule has 0 rings (SSSR count). The second-order valence-corrected chi connectivity index (χ2v) is 3.09. The van der Waals surface area contributed by atoms with E-state index in [0.29, 0.717) is 0 Å². The van der Waals surface area contributed by atoms with Gasteiger partial charge in [0.1, 0.15) is 0 Å². The minimum absolute atomic E-state index is 1.000. The molecule has 0 bridgehead atoms. The minimum Gasteiger partial charge on any atom is -0.392 e. The lowest BCUT2D eigenvalue weighted by Crippen LogP contribution is -2.62. The van der Waals surface area contributed by atoms with E-state index in [4.69, 9.17) is 0 Å². The fraction of sp³-hybridized carbons (Fsp3) is 0.667. The van der Waals surface area contributed by atoms with Crippen molar-refractivity contribution in [2.45, 2.75) is 23.9 Å². The minimum atomic E-state index is -7.14. The largest absolute Gasteiger partial charge is 0.460 e. The molecule has 0 amide bonds. The van der Waals surface area contributed by atoms with E-state index in [2.05, 4.69) is 5.73 Å². The summed E-state index contributed by atoms with van der Waals surface area (Å²) in [6.45, 7) is 0. The van der Waals surface area contributed by atoms with Crippen molar-refractivity contribution in [3.05, 3.63) is 22.0 Å². The molecule has 0 heterocycles. The molecule has 0 aliphatic carbocycles. The van der Waals surface area contributed by atoms with Crippen molar-refractivity contribution in [1.82, 2.24) is 0 Å². The number of nitro groups is 1. The SMILES string of the molecule is NC(=C[N+](=O)[O-])C(F)(F)C(F)(F)C(F)(F)C(F)(F)F. The summed E-state index contributed by atoms with van der Waals surface area (Å²) in [5, 5.41) is 9.69. The molecule has 0 saturated heterocycles. The van der Waals surface area contributed by atoms with Crippen molar-refractivity contribution < 1.29 is 44.4 Å². The van der Waals surface area contributed by atoms with Crippen LogP contribution in [0.5, 0.6) is 0 Å². The van der Waals surface area contributed by atoms with Gasteiger partial charge < -0.3 is 5.73 Å². The first-order chi connectivity index (χ1) is 8.09. The standard InChI is InChI=1S/C6H3F9N2O2/c7-3(8,2(16)1-17(18)19)4(9,10)5(11,12)6(13,14)15/h1H,16H2. The highest BCUT2D eigenvalue weighted by Crippen LogP contribution is 2.54. The third kappa shape index (κ3) is 2.68. The predicted octanol–water partition coefficient (Wildman–Crippen LogP) is 2.53. The van der Waals surface area contributed by atoms with Crippen molar-refractivity contribution >= 4 is 0 Å². The number of nitrogens with zero attached hydrogens (tertiary/aromatic N) is 1. The smallest absolute Gasteiger partial charge is 0.392 e. The van der Waals surface area contributed by atoms with Crippen LogP contribution in [0.4, 0.5) is 39.5 Å². The van der Waals surface area contributed by atoms with E-state index in [9.17, 15) is 49.6 Å². The van der Waals surface area contributed by atoms with Crippen LogP contribution in [0.2, 0.25) is 0 Å². The van der Waals surface area contributed by atoms with Gasteiger partial charge in [-0.25, -0.2) is 0 Å². The summed E-state index contributed by atoms with van der Waals surface area (Å²) in [6.07, 6.45) is -8.00. The molecule has 4 nitrogen and oxygen atoms in total. The fourth-order valence-corrected chi connectivity index (χ4v) is 0.751. The molecule has 0 aromatic rings. The maximum atomic E-state index is 12.8. The maximum absolute atomic E-state index is 12.8. The van der Waals surface area contributed by atoms with E-state index >= 15 is 0 Å². The lowest BCUT2D eigenvalue weighted by Gasteiger charge is -2.33. The molecule has 0 spiro atoms. The first-order valence-corrected chi connectivity index (χ1v) is 3.90. The van der Waals surface area contributed by atoms with Gasteiger partial charge in [0, 0.05) is 0 Å². The van der Waals surface area contributed by atoms with Crippen molar-refractivity contribution in [3.63, 3.8) is 0 Å². The summed E-state index contributed by atoms with van der Waals surface area (Å²) >= 11 is 0. The van der Waals surface area contributed by atoms with Crippen molar-refractivity contribution in [1.29, 1.82) is 0 Å². The number of allylic oxidation sites excluding steroid dienone is 1. The molecular formula is C6H3F9N2O2. The van der Waals surface area contributed by atoms with Crippen LogP contribution >= 0.6 is 0 Å². The summed E-state index contributed by atoms with van der Waals surface area (Å²) in [6, 6.07) is 0. The molecule has 112 valence electrons. The van der Waals surface area contributed by atoms with Gasteiger partial charge in [-0.05, 0) is 0 Å². The third-order valence-corrected chi connectivity index (χ3v) is 1.75. The number of hydrogen-bond acceptors (Lipinski definition) is 3. The van der Waals surface area contributed by atoms with E-state index in [0.717, 1.165) is 0 Å². The molecule has 0 fully saturated rings. The Balaban J connectivity index is 5.84. The maximum Gasteiger partial charge on any atom is 0.460 e. The van der Waals surface area contributed by atoms with Crippen molar-refractivity contribution in [2.75, 3.05) is 0 Å². The van der Waals surface area contributed by atoms with Crippen LogP contribution in [0.1, 0.15) is 0 Å². The molecule has 19 heavy (non-hydrogen) atoms. The lowest BCUT2D eigenvalue weighted by atomic mass is 10.0. The zero-order valence-corrected chi connectivity index (χ0v) is 8.32. The van der Waals surface area contributed by atoms with Crippen molar-refractivity contribution in [3.8, 4) is 0 Å². The number of nitrogens with two attached hydrogens (primary N) is 1. The molecule has 0 radical (unpaired) electrons. The number of alkyl halides is 9. The van der Waals surface area contributed by atoms with Gasteiger partial charge in [0.15, 0.2) is 5.70 Å². The van der Waals surface area contributed by atoms with E-state index in [-0.39, 0.29) is 0 Å². The summed E-state index contributed by atoms with van der Waals surface area (Å²) in [5.41, 5.74) is 1.32. The Labute approximate surface area is 97.4 Å². The molecule has 2 N–H and O–H groups in total. The molecule has 0 aromatic heterocycles. The van der Waals surface area contributed by atoms with Crippen LogP contribution in [-0.4, -0.2) is 28.9 Å². The van der Waals surface area contributed by atoms with Gasteiger partial charge in [0.05, 0.1) is 4.92 Å². The molecule has 0 aliphatic heterocycles. The molecule has 0 unspecified atom stereocenters. The van der Waals surface area contributed by atoms with Gasteiger partial charge in [0.2, 0.25) is 0 Å². The summed E-state index contributed by atoms with van der Waals surface area (Å²) < 4.78 is 110. The topological polar surface area (TPSA) is 69.2 Å².